The van der Waals surface area contributed by atoms with Gasteiger partial charge in [-0.25, -0.2) is 0 Å². The van der Waals surface area contributed by atoms with Crippen molar-refractivity contribution in [3.63, 3.8) is 0 Å². The van der Waals surface area contributed by atoms with Crippen LogP contribution in [0.5, 0.6) is 0 Å². The number of carbonyl (C=O) groups is 1. The summed E-state index contributed by atoms with van der Waals surface area (Å²) in [6, 6.07) is 9.32. The maximum Gasteiger partial charge on any atom is 0.334 e. The van der Waals surface area contributed by atoms with E-state index < -0.39 is 22.1 Å². The van der Waals surface area contributed by atoms with E-state index in [4.69, 9.17) is 5.11 Å². The number of nitro groups is 1. The van der Waals surface area contributed by atoms with E-state index in [9.17, 15) is 19.7 Å². The van der Waals surface area contributed by atoms with Crippen LogP contribution in [-0.4, -0.2) is 20.6 Å². The first-order chi connectivity index (χ1) is 9.97. The van der Waals surface area contributed by atoms with Crippen LogP contribution in [-0.2, 0) is 17.8 Å². The first-order valence-corrected chi connectivity index (χ1v) is 6.11. The first-order valence-electron chi connectivity index (χ1n) is 6.11. The third-order valence-electron chi connectivity index (χ3n) is 2.93. The molecule has 0 bridgehead atoms. The number of rotatable bonds is 5. The fraction of sp³-hybridized carbons (Fsp3) is 0.143. The molecule has 0 saturated carbocycles. The number of pyridine rings is 1. The largest absolute Gasteiger partial charge is 0.481 e. The average Bonchev–Trinajstić information content (AvgIpc) is 2.42. The maximum atomic E-state index is 11.9. The summed E-state index contributed by atoms with van der Waals surface area (Å²) in [4.78, 5) is 32.4. The van der Waals surface area contributed by atoms with Crippen LogP contribution < -0.4 is 5.56 Å². The zero-order valence-corrected chi connectivity index (χ0v) is 10.9. The van der Waals surface area contributed by atoms with E-state index in [0.717, 1.165) is 11.6 Å². The molecule has 0 unspecified atom stereocenters. The molecule has 21 heavy (non-hydrogen) atoms. The molecule has 0 amide bonds. The smallest absolute Gasteiger partial charge is 0.334 e. The van der Waals surface area contributed by atoms with Gasteiger partial charge in [0.15, 0.2) is 0 Å². The van der Waals surface area contributed by atoms with Crippen molar-refractivity contribution in [2.45, 2.75) is 13.0 Å². The van der Waals surface area contributed by atoms with Crippen molar-refractivity contribution in [1.82, 2.24) is 4.57 Å². The number of carboxylic acid groups (broad SMARTS) is 1. The topological polar surface area (TPSA) is 102 Å². The molecule has 1 aromatic heterocycles. The molecule has 7 heteroatoms. The van der Waals surface area contributed by atoms with E-state index in [-0.39, 0.29) is 13.0 Å². The molecule has 0 aliphatic rings. The second kappa shape index (κ2) is 6.00. The van der Waals surface area contributed by atoms with E-state index in [0.29, 0.717) is 5.56 Å². The van der Waals surface area contributed by atoms with Crippen LogP contribution in [0.25, 0.3) is 0 Å². The van der Waals surface area contributed by atoms with E-state index in [2.05, 4.69) is 0 Å². The SMILES string of the molecule is O=C(O)Cc1ccc(Cn2cccc([N+](=O)[O-])c2=O)cc1. The summed E-state index contributed by atoms with van der Waals surface area (Å²) in [7, 11) is 0. The number of carboxylic acids is 1. The minimum Gasteiger partial charge on any atom is -0.481 e. The predicted octanol–water partition coefficient (Wildman–Crippen LogP) is 1.43. The molecule has 0 aliphatic heterocycles. The lowest BCUT2D eigenvalue weighted by Gasteiger charge is -2.06. The first kappa shape index (κ1) is 14.4. The maximum absolute atomic E-state index is 11.9. The van der Waals surface area contributed by atoms with Gasteiger partial charge in [-0.2, -0.15) is 0 Å². The van der Waals surface area contributed by atoms with Gasteiger partial charge >= 0.3 is 17.2 Å². The van der Waals surface area contributed by atoms with Gasteiger partial charge in [0.2, 0.25) is 0 Å². The fourth-order valence-corrected chi connectivity index (χ4v) is 1.92. The molecule has 0 saturated heterocycles. The molecule has 0 radical (unpaired) electrons. The molecule has 0 atom stereocenters. The summed E-state index contributed by atoms with van der Waals surface area (Å²) in [6.07, 6.45) is 1.40. The lowest BCUT2D eigenvalue weighted by Crippen LogP contribution is -2.22. The molecule has 2 aromatic rings. The highest BCUT2D eigenvalue weighted by molar-refractivity contribution is 5.70. The second-order valence-corrected chi connectivity index (χ2v) is 4.47. The van der Waals surface area contributed by atoms with Crippen molar-refractivity contribution in [2.75, 3.05) is 0 Å². The molecule has 1 heterocycles. The van der Waals surface area contributed by atoms with Gasteiger partial charge in [-0.15, -0.1) is 0 Å². The molecule has 0 spiro atoms. The Kier molecular flexibility index (Phi) is 4.13. The lowest BCUT2D eigenvalue weighted by atomic mass is 10.1. The molecule has 1 N–H and O–H groups in total. The molecule has 1 aromatic carbocycles. The van der Waals surface area contributed by atoms with Crippen molar-refractivity contribution in [1.29, 1.82) is 0 Å². The Morgan fingerprint density at radius 3 is 2.38 bits per heavy atom. The lowest BCUT2D eigenvalue weighted by molar-refractivity contribution is -0.386. The highest BCUT2D eigenvalue weighted by Gasteiger charge is 2.13. The third kappa shape index (κ3) is 3.53. The van der Waals surface area contributed by atoms with Crippen LogP contribution in [0, 0.1) is 10.1 Å². The van der Waals surface area contributed by atoms with Crippen molar-refractivity contribution >= 4 is 11.7 Å². The van der Waals surface area contributed by atoms with Crippen molar-refractivity contribution in [3.05, 3.63) is 74.2 Å². The van der Waals surface area contributed by atoms with Crippen molar-refractivity contribution in [2.24, 2.45) is 0 Å². The van der Waals surface area contributed by atoms with Gasteiger partial charge < -0.3 is 9.67 Å². The van der Waals surface area contributed by atoms with E-state index in [1.165, 1.54) is 16.8 Å². The standard InChI is InChI=1S/C14H12N2O5/c17-13(18)8-10-3-5-11(6-4-10)9-15-7-1-2-12(14(15)19)16(20)21/h1-7H,8-9H2,(H,17,18). The van der Waals surface area contributed by atoms with Gasteiger partial charge in [-0.1, -0.05) is 24.3 Å². The molecule has 0 aliphatic carbocycles. The van der Waals surface area contributed by atoms with Crippen molar-refractivity contribution in [3.8, 4) is 0 Å². The summed E-state index contributed by atoms with van der Waals surface area (Å²) in [5.74, 6) is -0.919. The summed E-state index contributed by atoms with van der Waals surface area (Å²) >= 11 is 0. The molecular formula is C14H12N2O5. The predicted molar refractivity (Wildman–Crippen MR) is 74.2 cm³/mol. The Morgan fingerprint density at radius 2 is 1.81 bits per heavy atom. The number of hydrogen-bond donors (Lipinski definition) is 1. The normalized spacial score (nSPS) is 10.3. The van der Waals surface area contributed by atoms with Gasteiger partial charge in [-0.05, 0) is 17.2 Å². The van der Waals surface area contributed by atoms with Crippen LogP contribution in [0.1, 0.15) is 11.1 Å². The monoisotopic (exact) mass is 288 g/mol. The number of nitrogens with zero attached hydrogens (tertiary/aromatic N) is 2. The van der Waals surface area contributed by atoms with Crippen LogP contribution >= 0.6 is 0 Å². The molecule has 7 nitrogen and oxygen atoms in total. The Labute approximate surface area is 119 Å². The van der Waals surface area contributed by atoms with E-state index >= 15 is 0 Å². The Hall–Kier alpha value is -2.96. The summed E-state index contributed by atoms with van der Waals surface area (Å²) in [6.45, 7) is 0.188. The van der Waals surface area contributed by atoms with E-state index in [1.54, 1.807) is 24.3 Å². The summed E-state index contributed by atoms with van der Waals surface area (Å²) in [5.41, 5.74) is 0.265. The summed E-state index contributed by atoms with van der Waals surface area (Å²) in [5, 5.41) is 19.4. The van der Waals surface area contributed by atoms with E-state index in [1.807, 2.05) is 0 Å². The zero-order valence-electron chi connectivity index (χ0n) is 10.9. The van der Waals surface area contributed by atoms with Gasteiger partial charge in [0.1, 0.15) is 0 Å². The Balaban J connectivity index is 2.23. The number of benzene rings is 1. The summed E-state index contributed by atoms with van der Waals surface area (Å²) < 4.78 is 1.24. The van der Waals surface area contributed by atoms with Crippen molar-refractivity contribution < 1.29 is 14.8 Å². The van der Waals surface area contributed by atoms with Crippen LogP contribution in [0.4, 0.5) is 5.69 Å². The van der Waals surface area contributed by atoms with Gasteiger partial charge in [0.25, 0.3) is 0 Å². The van der Waals surface area contributed by atoms with Gasteiger partial charge in [0.05, 0.1) is 17.9 Å². The third-order valence-corrected chi connectivity index (χ3v) is 2.93. The van der Waals surface area contributed by atoms with Crippen LogP contribution in [0.2, 0.25) is 0 Å². The second-order valence-electron chi connectivity index (χ2n) is 4.47. The fourth-order valence-electron chi connectivity index (χ4n) is 1.92. The molecular weight excluding hydrogens is 276 g/mol. The zero-order chi connectivity index (χ0) is 15.4. The Bertz CT molecular complexity index is 734. The molecule has 2 rings (SSSR count). The molecule has 0 fully saturated rings. The minimum atomic E-state index is -0.919. The number of hydrogen-bond acceptors (Lipinski definition) is 4. The van der Waals surface area contributed by atoms with Crippen LogP contribution in [0.3, 0.4) is 0 Å². The Morgan fingerprint density at radius 1 is 1.19 bits per heavy atom. The molecule has 108 valence electrons. The van der Waals surface area contributed by atoms with Crippen LogP contribution in [0.15, 0.2) is 47.4 Å². The minimum absolute atomic E-state index is 0.0724. The number of aromatic nitrogens is 1. The average molecular weight is 288 g/mol. The highest BCUT2D eigenvalue weighted by Crippen LogP contribution is 2.08. The van der Waals surface area contributed by atoms with Gasteiger partial charge in [0, 0.05) is 12.3 Å². The highest BCUT2D eigenvalue weighted by atomic mass is 16.6. The number of aliphatic carboxylic acids is 1. The van der Waals surface area contributed by atoms with Gasteiger partial charge in [-0.3, -0.25) is 19.7 Å². The quantitative estimate of drug-likeness (QED) is 0.662.